The lowest BCUT2D eigenvalue weighted by Gasteiger charge is -2.39. The second-order valence-corrected chi connectivity index (χ2v) is 12.3. The molecule has 0 spiro atoms. The standard InChI is InChI=1S/C29H33Cl2F2N3O/c1-5-35-27(37)26-24(19-7-6-8-21(31)25(19)33)29(16-34,20-12-11-18(30)13-22(20)32)23(14-28(2,3)4)36(26)15-17-9-10-17/h6-8,11-13,17,23-24,26H,5,9-10,14-15H2,1-4H3,(H,35,37)/t23-,24-,26+,29-/m0/s1. The number of hydrogen-bond donors (Lipinski definition) is 1. The molecule has 1 amide bonds. The first-order valence-corrected chi connectivity index (χ1v) is 13.5. The molecule has 0 unspecified atom stereocenters. The number of nitrogens with zero attached hydrogens (tertiary/aromatic N) is 2. The molecule has 2 fully saturated rings. The molecule has 4 nitrogen and oxygen atoms in total. The van der Waals surface area contributed by atoms with Crippen LogP contribution < -0.4 is 5.32 Å². The van der Waals surface area contributed by atoms with Crippen LogP contribution in [0.15, 0.2) is 36.4 Å². The maximum atomic E-state index is 15.8. The maximum absolute atomic E-state index is 15.8. The molecule has 1 N–H and O–H groups in total. The minimum Gasteiger partial charge on any atom is -0.355 e. The maximum Gasteiger partial charge on any atom is 0.238 e. The zero-order valence-electron chi connectivity index (χ0n) is 21.6. The van der Waals surface area contributed by atoms with Crippen molar-refractivity contribution in [2.45, 2.75) is 70.4 Å². The van der Waals surface area contributed by atoms with Gasteiger partial charge in [0.15, 0.2) is 0 Å². The summed E-state index contributed by atoms with van der Waals surface area (Å²) < 4.78 is 31.6. The van der Waals surface area contributed by atoms with Crippen LogP contribution >= 0.6 is 23.2 Å². The molecule has 2 aliphatic rings. The van der Waals surface area contributed by atoms with Gasteiger partial charge in [-0.1, -0.05) is 62.2 Å². The van der Waals surface area contributed by atoms with Crippen LogP contribution in [0.5, 0.6) is 0 Å². The third-order valence-corrected chi connectivity index (χ3v) is 8.09. The van der Waals surface area contributed by atoms with Crippen molar-refractivity contribution in [1.29, 1.82) is 5.26 Å². The molecule has 2 aromatic rings. The average molecular weight is 549 g/mol. The van der Waals surface area contributed by atoms with Gasteiger partial charge in [0, 0.05) is 35.6 Å². The van der Waals surface area contributed by atoms with Crippen LogP contribution in [0.4, 0.5) is 8.78 Å². The lowest BCUT2D eigenvalue weighted by Crippen LogP contribution is -2.49. The number of benzene rings is 2. The Balaban J connectivity index is 2.09. The molecule has 0 bridgehead atoms. The van der Waals surface area contributed by atoms with Gasteiger partial charge in [-0.25, -0.2) is 8.78 Å². The van der Waals surface area contributed by atoms with Crippen molar-refractivity contribution >= 4 is 29.1 Å². The molecule has 1 aliphatic carbocycles. The number of halogens is 4. The number of rotatable bonds is 7. The molecular formula is C29H33Cl2F2N3O. The summed E-state index contributed by atoms with van der Waals surface area (Å²) in [5.74, 6) is -2.29. The summed E-state index contributed by atoms with van der Waals surface area (Å²) in [6, 6.07) is 9.85. The van der Waals surface area contributed by atoms with E-state index >= 15 is 8.78 Å². The highest BCUT2D eigenvalue weighted by atomic mass is 35.5. The van der Waals surface area contributed by atoms with E-state index in [0.717, 1.165) is 12.8 Å². The van der Waals surface area contributed by atoms with Gasteiger partial charge in [-0.2, -0.15) is 5.26 Å². The average Bonchev–Trinajstić information content (AvgIpc) is 3.59. The number of likely N-dealkylation sites (tertiary alicyclic amines) is 1. The SMILES string of the molecule is CCNC(=O)[C@H]1[C@H](c2cccc(Cl)c2F)[C@@](C#N)(c2ccc(Cl)cc2F)[C@H](CC(C)(C)C)N1CC1CC1. The summed E-state index contributed by atoms with van der Waals surface area (Å²) in [7, 11) is 0. The molecule has 198 valence electrons. The van der Waals surface area contributed by atoms with Crippen molar-refractivity contribution < 1.29 is 13.6 Å². The van der Waals surface area contributed by atoms with Crippen LogP contribution in [0.2, 0.25) is 10.0 Å². The number of nitrogens with one attached hydrogen (secondary N) is 1. The van der Waals surface area contributed by atoms with Crippen LogP contribution in [-0.2, 0) is 10.2 Å². The molecule has 1 saturated carbocycles. The molecule has 37 heavy (non-hydrogen) atoms. The monoisotopic (exact) mass is 547 g/mol. The van der Waals surface area contributed by atoms with E-state index in [-0.39, 0.29) is 32.5 Å². The Morgan fingerprint density at radius 3 is 2.49 bits per heavy atom. The number of nitriles is 1. The number of hydrogen-bond acceptors (Lipinski definition) is 3. The first-order chi connectivity index (χ1) is 17.4. The summed E-state index contributed by atoms with van der Waals surface area (Å²) in [4.78, 5) is 15.8. The van der Waals surface area contributed by atoms with Crippen molar-refractivity contribution in [3.8, 4) is 6.07 Å². The van der Waals surface area contributed by atoms with Crippen LogP contribution in [0.25, 0.3) is 0 Å². The topological polar surface area (TPSA) is 56.1 Å². The molecule has 1 saturated heterocycles. The smallest absolute Gasteiger partial charge is 0.238 e. The van der Waals surface area contributed by atoms with Crippen molar-refractivity contribution in [3.63, 3.8) is 0 Å². The van der Waals surface area contributed by atoms with Crippen molar-refractivity contribution in [3.05, 3.63) is 69.2 Å². The summed E-state index contributed by atoms with van der Waals surface area (Å²) in [6.45, 7) is 8.91. The lowest BCUT2D eigenvalue weighted by molar-refractivity contribution is -0.126. The predicted octanol–water partition coefficient (Wildman–Crippen LogP) is 6.85. The fourth-order valence-corrected chi connectivity index (χ4v) is 6.27. The Morgan fingerprint density at radius 1 is 1.22 bits per heavy atom. The normalized spacial score (nSPS) is 26.2. The van der Waals surface area contributed by atoms with E-state index < -0.39 is 35.1 Å². The van der Waals surface area contributed by atoms with Crippen LogP contribution in [0.1, 0.15) is 64.0 Å². The van der Waals surface area contributed by atoms with Crippen molar-refractivity contribution in [2.75, 3.05) is 13.1 Å². The Bertz CT molecular complexity index is 1220. The first kappa shape index (κ1) is 27.8. The second-order valence-electron chi connectivity index (χ2n) is 11.5. The van der Waals surface area contributed by atoms with E-state index in [1.54, 1.807) is 18.2 Å². The second kappa shape index (κ2) is 10.5. The molecule has 1 heterocycles. The molecule has 4 atom stereocenters. The number of carbonyl (C=O) groups is 1. The summed E-state index contributed by atoms with van der Waals surface area (Å²) in [5, 5.41) is 14.0. The van der Waals surface area contributed by atoms with E-state index in [0.29, 0.717) is 25.4 Å². The van der Waals surface area contributed by atoms with Gasteiger partial charge in [-0.3, -0.25) is 9.69 Å². The minimum absolute atomic E-state index is 0.108. The van der Waals surface area contributed by atoms with Gasteiger partial charge in [-0.15, -0.1) is 0 Å². The van der Waals surface area contributed by atoms with E-state index in [4.69, 9.17) is 23.2 Å². The zero-order valence-corrected chi connectivity index (χ0v) is 23.1. The molecule has 0 aromatic heterocycles. The number of carbonyl (C=O) groups excluding carboxylic acids is 1. The van der Waals surface area contributed by atoms with E-state index in [9.17, 15) is 10.1 Å². The fraction of sp³-hybridized carbons (Fsp3) is 0.517. The lowest BCUT2D eigenvalue weighted by atomic mass is 9.62. The fourth-order valence-electron chi connectivity index (χ4n) is 5.93. The number of likely N-dealkylation sites (N-methyl/N-ethyl adjacent to an activating group) is 1. The van der Waals surface area contributed by atoms with E-state index in [1.807, 2.05) is 6.92 Å². The van der Waals surface area contributed by atoms with Crippen molar-refractivity contribution in [1.82, 2.24) is 10.2 Å². The Labute approximate surface area is 227 Å². The summed E-state index contributed by atoms with van der Waals surface area (Å²) >= 11 is 12.3. The minimum atomic E-state index is -1.59. The largest absolute Gasteiger partial charge is 0.355 e. The highest BCUT2D eigenvalue weighted by Crippen LogP contribution is 2.57. The van der Waals surface area contributed by atoms with Gasteiger partial charge in [0.2, 0.25) is 5.91 Å². The molecule has 4 rings (SSSR count). The van der Waals surface area contributed by atoms with Crippen LogP contribution in [-0.4, -0.2) is 36.0 Å². The van der Waals surface area contributed by atoms with E-state index in [1.165, 1.54) is 18.2 Å². The Hall–Kier alpha value is -2.20. The van der Waals surface area contributed by atoms with Gasteiger partial charge < -0.3 is 5.32 Å². The molecule has 8 heteroatoms. The highest BCUT2D eigenvalue weighted by Gasteiger charge is 2.65. The van der Waals surface area contributed by atoms with Crippen molar-refractivity contribution in [2.24, 2.45) is 11.3 Å². The Morgan fingerprint density at radius 2 is 1.92 bits per heavy atom. The highest BCUT2D eigenvalue weighted by molar-refractivity contribution is 6.31. The molecular weight excluding hydrogens is 515 g/mol. The Kier molecular flexibility index (Phi) is 7.91. The predicted molar refractivity (Wildman–Crippen MR) is 143 cm³/mol. The van der Waals surface area contributed by atoms with Gasteiger partial charge in [0.1, 0.15) is 17.0 Å². The third-order valence-electron chi connectivity index (χ3n) is 7.56. The van der Waals surface area contributed by atoms with Gasteiger partial charge in [0.05, 0.1) is 17.1 Å². The van der Waals surface area contributed by atoms with Crippen LogP contribution in [0.3, 0.4) is 0 Å². The van der Waals surface area contributed by atoms with Gasteiger partial charge in [0.25, 0.3) is 0 Å². The number of amides is 1. The first-order valence-electron chi connectivity index (χ1n) is 12.8. The van der Waals surface area contributed by atoms with Gasteiger partial charge in [-0.05, 0) is 61.3 Å². The summed E-state index contributed by atoms with van der Waals surface area (Å²) in [6.07, 6.45) is 2.53. The molecule has 0 radical (unpaired) electrons. The molecule has 2 aromatic carbocycles. The quantitative estimate of drug-likeness (QED) is 0.412. The van der Waals surface area contributed by atoms with Gasteiger partial charge >= 0.3 is 0 Å². The summed E-state index contributed by atoms with van der Waals surface area (Å²) in [5.41, 5.74) is -1.61. The molecule has 1 aliphatic heterocycles. The zero-order chi connectivity index (χ0) is 27.1. The van der Waals surface area contributed by atoms with Crippen LogP contribution in [0, 0.1) is 34.3 Å². The third kappa shape index (κ3) is 5.24. The van der Waals surface area contributed by atoms with E-state index in [2.05, 4.69) is 37.1 Å².